The molecule has 1 aromatic rings. The van der Waals surface area contributed by atoms with Gasteiger partial charge in [-0.25, -0.2) is 0 Å². The molecule has 0 spiro atoms. The van der Waals surface area contributed by atoms with Gasteiger partial charge in [-0.05, 0) is 25.0 Å². The number of hydrogen-bond donors (Lipinski definition) is 2. The van der Waals surface area contributed by atoms with Crippen LogP contribution in [0.3, 0.4) is 0 Å². The highest BCUT2D eigenvalue weighted by Crippen LogP contribution is 2.33. The lowest BCUT2D eigenvalue weighted by Crippen LogP contribution is -2.36. The molecule has 1 aliphatic carbocycles. The smallest absolute Gasteiger partial charge is 0.0606 e. The highest BCUT2D eigenvalue weighted by atomic mass is 79.9. The van der Waals surface area contributed by atoms with E-state index in [9.17, 15) is 5.11 Å². The quantitative estimate of drug-likeness (QED) is 0.878. The summed E-state index contributed by atoms with van der Waals surface area (Å²) < 4.78 is 1.06. The predicted octanol–water partition coefficient (Wildman–Crippen LogP) is 2.65. The van der Waals surface area contributed by atoms with E-state index in [1.54, 1.807) is 0 Å². The molecule has 0 aliphatic heterocycles. The Labute approximate surface area is 117 Å². The fourth-order valence-corrected chi connectivity index (χ4v) is 3.36. The zero-order valence-electron chi connectivity index (χ0n) is 10.6. The molecule has 0 atom stereocenters. The van der Waals surface area contributed by atoms with E-state index >= 15 is 0 Å². The molecular formula is C14H21BrN2O. The van der Waals surface area contributed by atoms with E-state index in [0.717, 1.165) is 10.0 Å². The van der Waals surface area contributed by atoms with Crippen LogP contribution in [-0.2, 0) is 6.54 Å². The first-order chi connectivity index (χ1) is 8.77. The molecule has 2 rings (SSSR count). The van der Waals surface area contributed by atoms with Crippen molar-refractivity contribution in [2.45, 2.75) is 38.3 Å². The van der Waals surface area contributed by atoms with Crippen LogP contribution in [0, 0.1) is 0 Å². The summed E-state index contributed by atoms with van der Waals surface area (Å²) in [4.78, 5) is 2.33. The van der Waals surface area contributed by atoms with Gasteiger partial charge in [0.1, 0.15) is 0 Å². The van der Waals surface area contributed by atoms with Crippen LogP contribution >= 0.6 is 15.9 Å². The molecule has 1 saturated carbocycles. The topological polar surface area (TPSA) is 49.5 Å². The van der Waals surface area contributed by atoms with Crippen LogP contribution in [0.15, 0.2) is 22.7 Å². The third-order valence-electron chi connectivity index (χ3n) is 3.71. The minimum atomic E-state index is 0.188. The lowest BCUT2D eigenvalue weighted by molar-refractivity contribution is 0.297. The molecule has 0 bridgehead atoms. The van der Waals surface area contributed by atoms with Crippen molar-refractivity contribution < 1.29 is 5.11 Å². The summed E-state index contributed by atoms with van der Waals surface area (Å²) >= 11 is 3.57. The van der Waals surface area contributed by atoms with Gasteiger partial charge in [-0.2, -0.15) is 0 Å². The van der Waals surface area contributed by atoms with Gasteiger partial charge in [-0.3, -0.25) is 0 Å². The summed E-state index contributed by atoms with van der Waals surface area (Å²) in [6.45, 7) is 1.40. The average Bonchev–Trinajstić information content (AvgIpc) is 2.89. The molecule has 0 heterocycles. The number of nitrogens with two attached hydrogens (primary N) is 1. The summed E-state index contributed by atoms with van der Waals surface area (Å²) in [6.07, 6.45) is 5.02. The summed E-state index contributed by atoms with van der Waals surface area (Å²) in [6, 6.07) is 6.73. The van der Waals surface area contributed by atoms with E-state index in [2.05, 4.69) is 26.9 Å². The van der Waals surface area contributed by atoms with Crippen molar-refractivity contribution >= 4 is 21.6 Å². The van der Waals surface area contributed by atoms with Crippen molar-refractivity contribution in [1.82, 2.24) is 0 Å². The largest absolute Gasteiger partial charge is 0.395 e. The normalized spacial score (nSPS) is 16.2. The molecule has 1 aromatic carbocycles. The van der Waals surface area contributed by atoms with Gasteiger partial charge in [0, 0.05) is 34.9 Å². The van der Waals surface area contributed by atoms with Crippen molar-refractivity contribution in [1.29, 1.82) is 0 Å². The maximum atomic E-state index is 9.31. The molecule has 0 saturated heterocycles. The van der Waals surface area contributed by atoms with Gasteiger partial charge in [-0.1, -0.05) is 34.8 Å². The molecular weight excluding hydrogens is 292 g/mol. The van der Waals surface area contributed by atoms with E-state index in [-0.39, 0.29) is 6.61 Å². The molecule has 1 fully saturated rings. The summed E-state index contributed by atoms with van der Waals surface area (Å²) in [5.41, 5.74) is 8.18. The molecule has 1 aliphatic rings. The van der Waals surface area contributed by atoms with E-state index in [0.29, 0.717) is 19.1 Å². The zero-order valence-corrected chi connectivity index (χ0v) is 12.2. The number of hydrogen-bond acceptors (Lipinski definition) is 3. The van der Waals surface area contributed by atoms with Crippen molar-refractivity contribution in [3.8, 4) is 0 Å². The lowest BCUT2D eigenvalue weighted by atomic mass is 10.1. The minimum Gasteiger partial charge on any atom is -0.395 e. The van der Waals surface area contributed by atoms with Gasteiger partial charge in [-0.15, -0.1) is 0 Å². The van der Waals surface area contributed by atoms with Gasteiger partial charge >= 0.3 is 0 Å². The summed E-state index contributed by atoms with van der Waals surface area (Å²) in [5, 5.41) is 9.31. The molecule has 100 valence electrons. The standard InChI is InChI=1S/C14H21BrN2O/c15-13-6-3-7-14(12(13)10-16)17(8-9-18)11-4-1-2-5-11/h3,6-7,11,18H,1-2,4-5,8-10,16H2. The van der Waals surface area contributed by atoms with Crippen LogP contribution < -0.4 is 10.6 Å². The monoisotopic (exact) mass is 312 g/mol. The maximum Gasteiger partial charge on any atom is 0.0606 e. The number of aliphatic hydroxyl groups excluding tert-OH is 1. The Morgan fingerprint density at radius 2 is 2.06 bits per heavy atom. The third-order valence-corrected chi connectivity index (χ3v) is 4.46. The third kappa shape index (κ3) is 2.87. The van der Waals surface area contributed by atoms with Crippen molar-refractivity contribution in [3.63, 3.8) is 0 Å². The van der Waals surface area contributed by atoms with Gasteiger partial charge in [0.25, 0.3) is 0 Å². The molecule has 0 radical (unpaired) electrons. The first kappa shape index (κ1) is 13.8. The first-order valence-corrected chi connectivity index (χ1v) is 7.42. The fraction of sp³-hybridized carbons (Fsp3) is 0.571. The Morgan fingerprint density at radius 1 is 1.33 bits per heavy atom. The Morgan fingerprint density at radius 3 is 2.67 bits per heavy atom. The molecule has 0 unspecified atom stereocenters. The number of aliphatic hydroxyl groups is 1. The highest BCUT2D eigenvalue weighted by Gasteiger charge is 2.24. The van der Waals surface area contributed by atoms with Crippen molar-refractivity contribution in [2.75, 3.05) is 18.1 Å². The maximum absolute atomic E-state index is 9.31. The Hall–Kier alpha value is -0.580. The predicted molar refractivity (Wildman–Crippen MR) is 78.7 cm³/mol. The van der Waals surface area contributed by atoms with E-state index in [1.165, 1.54) is 31.4 Å². The second-order valence-corrected chi connectivity index (χ2v) is 5.65. The summed E-state index contributed by atoms with van der Waals surface area (Å²) in [5.74, 6) is 0. The van der Waals surface area contributed by atoms with Gasteiger partial charge in [0.2, 0.25) is 0 Å². The Kier molecular flexibility index (Phi) is 5.03. The number of anilines is 1. The van der Waals surface area contributed by atoms with Gasteiger partial charge < -0.3 is 15.7 Å². The van der Waals surface area contributed by atoms with Crippen LogP contribution in [0.2, 0.25) is 0 Å². The number of nitrogens with zero attached hydrogens (tertiary/aromatic N) is 1. The van der Waals surface area contributed by atoms with E-state index in [1.807, 2.05) is 12.1 Å². The van der Waals surface area contributed by atoms with Crippen molar-refractivity contribution in [3.05, 3.63) is 28.2 Å². The molecule has 3 N–H and O–H groups in total. The van der Waals surface area contributed by atoms with Gasteiger partial charge in [0.15, 0.2) is 0 Å². The van der Waals surface area contributed by atoms with Gasteiger partial charge in [0.05, 0.1) is 6.61 Å². The van der Waals surface area contributed by atoms with Crippen molar-refractivity contribution in [2.24, 2.45) is 5.73 Å². The first-order valence-electron chi connectivity index (χ1n) is 6.63. The van der Waals surface area contributed by atoms with Crippen LogP contribution in [0.1, 0.15) is 31.2 Å². The molecule has 18 heavy (non-hydrogen) atoms. The number of benzene rings is 1. The zero-order chi connectivity index (χ0) is 13.0. The van der Waals surface area contributed by atoms with Crippen LogP contribution in [0.25, 0.3) is 0 Å². The summed E-state index contributed by atoms with van der Waals surface area (Å²) in [7, 11) is 0. The fourth-order valence-electron chi connectivity index (χ4n) is 2.84. The molecule has 0 amide bonds. The lowest BCUT2D eigenvalue weighted by Gasteiger charge is -2.32. The van der Waals surface area contributed by atoms with E-state index < -0.39 is 0 Å². The highest BCUT2D eigenvalue weighted by molar-refractivity contribution is 9.10. The van der Waals surface area contributed by atoms with Crippen LogP contribution in [0.4, 0.5) is 5.69 Å². The molecule has 0 aromatic heterocycles. The number of rotatable bonds is 5. The van der Waals surface area contributed by atoms with Crippen LogP contribution in [0.5, 0.6) is 0 Å². The van der Waals surface area contributed by atoms with Crippen LogP contribution in [-0.4, -0.2) is 24.3 Å². The molecule has 4 heteroatoms. The Balaban J connectivity index is 2.32. The molecule has 3 nitrogen and oxygen atoms in total. The average molecular weight is 313 g/mol. The second-order valence-electron chi connectivity index (χ2n) is 4.80. The minimum absolute atomic E-state index is 0.188. The SMILES string of the molecule is NCc1c(Br)cccc1N(CCO)C1CCCC1. The second kappa shape index (κ2) is 6.55. The Bertz CT molecular complexity index is 391. The number of halogens is 1. The van der Waals surface area contributed by atoms with E-state index in [4.69, 9.17) is 5.73 Å².